The smallest absolute Gasteiger partial charge is 0.411 e. The maximum Gasteiger partial charge on any atom is 0.411 e. The molecule has 30 heavy (non-hydrogen) atoms. The van der Waals surface area contributed by atoms with E-state index in [9.17, 15) is 14.4 Å². The second-order valence-corrected chi connectivity index (χ2v) is 8.19. The first kappa shape index (κ1) is 21.6. The summed E-state index contributed by atoms with van der Waals surface area (Å²) in [5.74, 6) is -0.315. The number of hydrogen-bond acceptors (Lipinski definition) is 5. The van der Waals surface area contributed by atoms with Crippen LogP contribution >= 0.6 is 0 Å². The van der Waals surface area contributed by atoms with Gasteiger partial charge in [0.15, 0.2) is 0 Å². The highest BCUT2D eigenvalue weighted by Crippen LogP contribution is 2.24. The van der Waals surface area contributed by atoms with Crippen LogP contribution in [-0.4, -0.2) is 52.9 Å². The van der Waals surface area contributed by atoms with Gasteiger partial charge in [-0.15, -0.1) is 0 Å². The van der Waals surface area contributed by atoms with Crippen LogP contribution in [0.5, 0.6) is 0 Å². The normalized spacial score (nSPS) is 18.9. The molecule has 0 unspecified atom stereocenters. The first-order valence-corrected chi connectivity index (χ1v) is 9.79. The molecule has 0 aliphatic carbocycles. The molecule has 8 heteroatoms. The first-order chi connectivity index (χ1) is 14.2. The molecule has 1 aliphatic heterocycles. The van der Waals surface area contributed by atoms with Gasteiger partial charge in [-0.3, -0.25) is 19.1 Å². The largest absolute Gasteiger partial charge is 0.444 e. The quantitative estimate of drug-likeness (QED) is 0.833. The molecular formula is C22H27N3O5. The minimum absolute atomic E-state index is 0.140. The number of rotatable bonds is 4. The number of aromatic nitrogens is 1. The van der Waals surface area contributed by atoms with Crippen molar-refractivity contribution in [3.63, 3.8) is 0 Å². The van der Waals surface area contributed by atoms with Gasteiger partial charge in [-0.25, -0.2) is 4.79 Å². The third kappa shape index (κ3) is 5.07. The molecule has 8 nitrogen and oxygen atoms in total. The van der Waals surface area contributed by atoms with E-state index in [1.807, 2.05) is 0 Å². The third-order valence-electron chi connectivity index (χ3n) is 4.76. The molecule has 1 saturated heterocycles. The van der Waals surface area contributed by atoms with Crippen molar-refractivity contribution in [3.8, 4) is 5.69 Å². The van der Waals surface area contributed by atoms with Gasteiger partial charge in [-0.1, -0.05) is 6.07 Å². The standard InChI is InChI=1S/C22H27N3O5/c1-22(2,3)30-21(28)25-14-17(29-4)13-18(25)20(27)23-15-8-10-16(11-9-15)24-12-6-5-7-19(24)26/h5-12,17-18H,13-14H2,1-4H3,(H,23,27)/t17-,18-/m1/s1. The third-order valence-corrected chi connectivity index (χ3v) is 4.76. The number of carbonyl (C=O) groups excluding carboxylic acids is 2. The number of nitrogens with zero attached hydrogens (tertiary/aromatic N) is 2. The van der Waals surface area contributed by atoms with Crippen molar-refractivity contribution in [1.82, 2.24) is 9.47 Å². The van der Waals surface area contributed by atoms with E-state index < -0.39 is 17.7 Å². The lowest BCUT2D eigenvalue weighted by atomic mass is 10.1. The van der Waals surface area contributed by atoms with E-state index in [4.69, 9.17) is 9.47 Å². The summed E-state index contributed by atoms with van der Waals surface area (Å²) in [5.41, 5.74) is 0.458. The summed E-state index contributed by atoms with van der Waals surface area (Å²) in [7, 11) is 1.56. The predicted molar refractivity (Wildman–Crippen MR) is 113 cm³/mol. The molecule has 1 fully saturated rings. The van der Waals surface area contributed by atoms with E-state index in [0.29, 0.717) is 24.3 Å². The number of hydrogen-bond donors (Lipinski definition) is 1. The number of benzene rings is 1. The van der Waals surface area contributed by atoms with E-state index in [1.54, 1.807) is 70.5 Å². The topological polar surface area (TPSA) is 89.9 Å². The molecule has 3 rings (SSSR count). The average Bonchev–Trinajstić information content (AvgIpc) is 3.13. The minimum Gasteiger partial charge on any atom is -0.444 e. The number of methoxy groups -OCH3 is 1. The Morgan fingerprint density at radius 1 is 1.10 bits per heavy atom. The number of likely N-dealkylation sites (tertiary alicyclic amines) is 1. The predicted octanol–water partition coefficient (Wildman–Crippen LogP) is 2.80. The zero-order valence-corrected chi connectivity index (χ0v) is 17.6. The zero-order valence-electron chi connectivity index (χ0n) is 17.6. The summed E-state index contributed by atoms with van der Waals surface area (Å²) < 4.78 is 12.3. The fourth-order valence-electron chi connectivity index (χ4n) is 3.31. The average molecular weight is 413 g/mol. The second kappa shape index (κ2) is 8.71. The van der Waals surface area contributed by atoms with Crippen LogP contribution < -0.4 is 10.9 Å². The van der Waals surface area contributed by atoms with E-state index in [1.165, 1.54) is 15.5 Å². The monoisotopic (exact) mass is 413 g/mol. The lowest BCUT2D eigenvalue weighted by molar-refractivity contribution is -0.120. The van der Waals surface area contributed by atoms with Gasteiger partial charge in [0.2, 0.25) is 5.91 Å². The van der Waals surface area contributed by atoms with Crippen molar-refractivity contribution in [2.75, 3.05) is 19.0 Å². The molecule has 0 bridgehead atoms. The van der Waals surface area contributed by atoms with Crippen LogP contribution in [0, 0.1) is 0 Å². The number of anilines is 1. The molecule has 160 valence electrons. The SMILES string of the molecule is CO[C@@H]1C[C@H](C(=O)Nc2ccc(-n3ccccc3=O)cc2)N(C(=O)OC(C)(C)C)C1. The summed E-state index contributed by atoms with van der Waals surface area (Å²) in [5, 5.41) is 2.84. The molecular weight excluding hydrogens is 386 g/mol. The highest BCUT2D eigenvalue weighted by atomic mass is 16.6. The fourth-order valence-corrected chi connectivity index (χ4v) is 3.31. The zero-order chi connectivity index (χ0) is 21.9. The lowest BCUT2D eigenvalue weighted by Crippen LogP contribution is -2.45. The number of nitrogens with one attached hydrogen (secondary N) is 1. The van der Waals surface area contributed by atoms with Crippen molar-refractivity contribution in [2.24, 2.45) is 0 Å². The molecule has 0 spiro atoms. The van der Waals surface area contributed by atoms with Crippen LogP contribution in [-0.2, 0) is 14.3 Å². The van der Waals surface area contributed by atoms with E-state index >= 15 is 0 Å². The lowest BCUT2D eigenvalue weighted by Gasteiger charge is -2.27. The van der Waals surface area contributed by atoms with Crippen LogP contribution in [0.3, 0.4) is 0 Å². The van der Waals surface area contributed by atoms with Gasteiger partial charge in [-0.05, 0) is 51.1 Å². The second-order valence-electron chi connectivity index (χ2n) is 8.19. The maximum absolute atomic E-state index is 12.9. The summed E-state index contributed by atoms with van der Waals surface area (Å²) in [6, 6.07) is 11.2. The summed E-state index contributed by atoms with van der Waals surface area (Å²) in [6.45, 7) is 5.63. The van der Waals surface area contributed by atoms with Crippen LogP contribution in [0.4, 0.5) is 10.5 Å². The first-order valence-electron chi connectivity index (χ1n) is 9.79. The van der Waals surface area contributed by atoms with Crippen molar-refractivity contribution in [1.29, 1.82) is 0 Å². The molecule has 2 amide bonds. The molecule has 1 aliphatic rings. The Kier molecular flexibility index (Phi) is 6.26. The summed E-state index contributed by atoms with van der Waals surface area (Å²) >= 11 is 0. The van der Waals surface area contributed by atoms with Crippen LogP contribution in [0.1, 0.15) is 27.2 Å². The molecule has 1 N–H and O–H groups in total. The van der Waals surface area contributed by atoms with Gasteiger partial charge >= 0.3 is 6.09 Å². The molecule has 1 aromatic carbocycles. The Hall–Kier alpha value is -3.13. The van der Waals surface area contributed by atoms with Crippen molar-refractivity contribution in [3.05, 3.63) is 59.0 Å². The minimum atomic E-state index is -0.693. The highest BCUT2D eigenvalue weighted by Gasteiger charge is 2.41. The van der Waals surface area contributed by atoms with Crippen molar-refractivity contribution >= 4 is 17.7 Å². The number of pyridine rings is 1. The number of amides is 2. The van der Waals surface area contributed by atoms with E-state index in [-0.39, 0.29) is 17.6 Å². The number of carbonyl (C=O) groups is 2. The Balaban J connectivity index is 1.72. The summed E-state index contributed by atoms with van der Waals surface area (Å²) in [6.07, 6.45) is 1.29. The number of ether oxygens (including phenoxy) is 2. The van der Waals surface area contributed by atoms with Crippen LogP contribution in [0.25, 0.3) is 5.69 Å². The van der Waals surface area contributed by atoms with Crippen LogP contribution in [0.2, 0.25) is 0 Å². The molecule has 0 saturated carbocycles. The van der Waals surface area contributed by atoms with Gasteiger partial charge in [0, 0.05) is 37.2 Å². The van der Waals surface area contributed by atoms with E-state index in [2.05, 4.69) is 5.32 Å². The van der Waals surface area contributed by atoms with Gasteiger partial charge in [-0.2, -0.15) is 0 Å². The van der Waals surface area contributed by atoms with Gasteiger partial charge < -0.3 is 14.8 Å². The summed E-state index contributed by atoms with van der Waals surface area (Å²) in [4.78, 5) is 38.8. The Bertz CT molecular complexity index is 962. The van der Waals surface area contributed by atoms with E-state index in [0.717, 1.165) is 0 Å². The van der Waals surface area contributed by atoms with Gasteiger partial charge in [0.25, 0.3) is 5.56 Å². The molecule has 0 radical (unpaired) electrons. The van der Waals surface area contributed by atoms with Gasteiger partial charge in [0.1, 0.15) is 11.6 Å². The van der Waals surface area contributed by atoms with Crippen molar-refractivity contribution < 1.29 is 19.1 Å². The van der Waals surface area contributed by atoms with Crippen molar-refractivity contribution in [2.45, 2.75) is 44.9 Å². The molecule has 2 atom stereocenters. The maximum atomic E-state index is 12.9. The Labute approximate surface area is 175 Å². The van der Waals surface area contributed by atoms with Gasteiger partial charge in [0.05, 0.1) is 12.6 Å². The highest BCUT2D eigenvalue weighted by molar-refractivity contribution is 5.97. The molecule has 1 aromatic heterocycles. The fraction of sp³-hybridized carbons (Fsp3) is 0.409. The molecule has 2 heterocycles. The Morgan fingerprint density at radius 3 is 2.40 bits per heavy atom. The Morgan fingerprint density at radius 2 is 1.80 bits per heavy atom. The van der Waals surface area contributed by atoms with Crippen LogP contribution in [0.15, 0.2) is 53.5 Å². The molecule has 2 aromatic rings.